The fourth-order valence-corrected chi connectivity index (χ4v) is 2.04. The SMILES string of the molecule is Cc1ccc(NC(=O)Nc2cccc(C(C)N)c2)cc1Cl. The fraction of sp³-hybridized carbons (Fsp3) is 0.188. The van der Waals surface area contributed by atoms with Crippen LogP contribution in [0.5, 0.6) is 0 Å². The number of urea groups is 1. The molecule has 0 fully saturated rings. The van der Waals surface area contributed by atoms with Crippen LogP contribution >= 0.6 is 11.6 Å². The lowest BCUT2D eigenvalue weighted by Crippen LogP contribution is -2.19. The van der Waals surface area contributed by atoms with E-state index < -0.39 is 0 Å². The van der Waals surface area contributed by atoms with Crippen molar-refractivity contribution < 1.29 is 4.79 Å². The van der Waals surface area contributed by atoms with Gasteiger partial charge in [0.05, 0.1) is 0 Å². The van der Waals surface area contributed by atoms with Crippen molar-refractivity contribution in [2.45, 2.75) is 19.9 Å². The van der Waals surface area contributed by atoms with Crippen molar-refractivity contribution in [1.29, 1.82) is 0 Å². The maximum atomic E-state index is 12.0. The number of anilines is 2. The Hall–Kier alpha value is -2.04. The van der Waals surface area contributed by atoms with Crippen molar-refractivity contribution >= 4 is 29.0 Å². The summed E-state index contributed by atoms with van der Waals surface area (Å²) in [6.45, 7) is 3.80. The first-order valence-electron chi connectivity index (χ1n) is 6.65. The summed E-state index contributed by atoms with van der Waals surface area (Å²) in [4.78, 5) is 12.0. The van der Waals surface area contributed by atoms with E-state index in [4.69, 9.17) is 17.3 Å². The standard InChI is InChI=1S/C16H18ClN3O/c1-10-6-7-14(9-15(10)17)20-16(21)19-13-5-3-4-12(8-13)11(2)18/h3-9,11H,18H2,1-2H3,(H2,19,20,21). The summed E-state index contributed by atoms with van der Waals surface area (Å²) in [5.41, 5.74) is 9.09. The zero-order chi connectivity index (χ0) is 15.4. The van der Waals surface area contributed by atoms with Gasteiger partial charge in [0.1, 0.15) is 0 Å². The minimum absolute atomic E-state index is 0.0780. The van der Waals surface area contributed by atoms with Crippen LogP contribution in [0.3, 0.4) is 0 Å². The van der Waals surface area contributed by atoms with E-state index in [0.717, 1.165) is 11.1 Å². The number of nitrogens with two attached hydrogens (primary N) is 1. The molecule has 0 radical (unpaired) electrons. The van der Waals surface area contributed by atoms with Gasteiger partial charge in [0.25, 0.3) is 0 Å². The molecule has 110 valence electrons. The van der Waals surface area contributed by atoms with E-state index in [1.165, 1.54) is 0 Å². The fourth-order valence-electron chi connectivity index (χ4n) is 1.86. The molecule has 0 aromatic heterocycles. The lowest BCUT2D eigenvalue weighted by molar-refractivity contribution is 0.262. The zero-order valence-corrected chi connectivity index (χ0v) is 12.7. The first-order chi connectivity index (χ1) is 9.95. The number of benzene rings is 2. The molecule has 0 aliphatic rings. The molecule has 0 heterocycles. The predicted octanol–water partition coefficient (Wildman–Crippen LogP) is 4.31. The Morgan fingerprint density at radius 2 is 1.81 bits per heavy atom. The van der Waals surface area contributed by atoms with Gasteiger partial charge < -0.3 is 16.4 Å². The Balaban J connectivity index is 2.04. The Bertz CT molecular complexity index is 656. The number of hydrogen-bond donors (Lipinski definition) is 3. The van der Waals surface area contributed by atoms with Gasteiger partial charge >= 0.3 is 6.03 Å². The smallest absolute Gasteiger partial charge is 0.323 e. The number of nitrogens with one attached hydrogen (secondary N) is 2. The molecule has 1 atom stereocenters. The molecule has 0 saturated heterocycles. The third-order valence-corrected chi connectivity index (χ3v) is 3.51. The Kier molecular flexibility index (Phi) is 4.83. The van der Waals surface area contributed by atoms with Gasteiger partial charge in [-0.15, -0.1) is 0 Å². The second-order valence-corrected chi connectivity index (χ2v) is 5.36. The number of amides is 2. The Morgan fingerprint density at radius 3 is 2.43 bits per heavy atom. The maximum Gasteiger partial charge on any atom is 0.323 e. The van der Waals surface area contributed by atoms with Gasteiger partial charge in [-0.1, -0.05) is 29.8 Å². The molecule has 4 nitrogen and oxygen atoms in total. The topological polar surface area (TPSA) is 67.2 Å². The molecule has 2 aromatic carbocycles. The monoisotopic (exact) mass is 303 g/mol. The van der Waals surface area contributed by atoms with Crippen LogP contribution in [-0.2, 0) is 0 Å². The summed E-state index contributed by atoms with van der Waals surface area (Å²) in [6.07, 6.45) is 0. The lowest BCUT2D eigenvalue weighted by atomic mass is 10.1. The molecule has 0 saturated carbocycles. The molecule has 5 heteroatoms. The van der Waals surface area contributed by atoms with Gasteiger partial charge in [0.2, 0.25) is 0 Å². The van der Waals surface area contributed by atoms with Crippen LogP contribution in [0.25, 0.3) is 0 Å². The second-order valence-electron chi connectivity index (χ2n) is 4.96. The number of carbonyl (C=O) groups excluding carboxylic acids is 1. The first-order valence-corrected chi connectivity index (χ1v) is 7.03. The number of hydrogen-bond acceptors (Lipinski definition) is 2. The quantitative estimate of drug-likeness (QED) is 0.791. The summed E-state index contributed by atoms with van der Waals surface area (Å²) in [5, 5.41) is 6.13. The largest absolute Gasteiger partial charge is 0.324 e. The van der Waals surface area contributed by atoms with Crippen molar-refractivity contribution in [3.05, 3.63) is 58.6 Å². The van der Waals surface area contributed by atoms with Crippen LogP contribution in [-0.4, -0.2) is 6.03 Å². The van der Waals surface area contributed by atoms with Crippen LogP contribution in [0.4, 0.5) is 16.2 Å². The average molecular weight is 304 g/mol. The minimum Gasteiger partial charge on any atom is -0.324 e. The van der Waals surface area contributed by atoms with Gasteiger partial charge in [-0.3, -0.25) is 0 Å². The van der Waals surface area contributed by atoms with Gasteiger partial charge in [0, 0.05) is 22.4 Å². The molecule has 0 bridgehead atoms. The van der Waals surface area contributed by atoms with Crippen molar-refractivity contribution in [2.24, 2.45) is 5.73 Å². The molecule has 4 N–H and O–H groups in total. The molecule has 0 aliphatic carbocycles. The van der Waals surface area contributed by atoms with Crippen molar-refractivity contribution in [2.75, 3.05) is 10.6 Å². The number of rotatable bonds is 3. The highest BCUT2D eigenvalue weighted by molar-refractivity contribution is 6.31. The predicted molar refractivity (Wildman–Crippen MR) is 87.9 cm³/mol. The zero-order valence-electron chi connectivity index (χ0n) is 12.0. The Morgan fingerprint density at radius 1 is 1.14 bits per heavy atom. The maximum absolute atomic E-state index is 12.0. The highest BCUT2D eigenvalue weighted by atomic mass is 35.5. The summed E-state index contributed by atoms with van der Waals surface area (Å²) < 4.78 is 0. The minimum atomic E-state index is -0.322. The number of aryl methyl sites for hydroxylation is 1. The summed E-state index contributed by atoms with van der Waals surface area (Å²) in [7, 11) is 0. The molecule has 2 aromatic rings. The highest BCUT2D eigenvalue weighted by Crippen LogP contribution is 2.20. The molecule has 21 heavy (non-hydrogen) atoms. The van der Waals surface area contributed by atoms with Gasteiger partial charge in [0.15, 0.2) is 0 Å². The summed E-state index contributed by atoms with van der Waals surface area (Å²) in [6, 6.07) is 12.4. The van der Waals surface area contributed by atoms with Crippen LogP contribution in [0, 0.1) is 6.92 Å². The summed E-state index contributed by atoms with van der Waals surface area (Å²) in [5.74, 6) is 0. The van der Waals surface area contributed by atoms with Crippen LogP contribution in [0.15, 0.2) is 42.5 Å². The molecular formula is C16H18ClN3O. The molecular weight excluding hydrogens is 286 g/mol. The molecule has 0 aliphatic heterocycles. The highest BCUT2D eigenvalue weighted by Gasteiger charge is 2.06. The van der Waals surface area contributed by atoms with Crippen LogP contribution in [0.1, 0.15) is 24.1 Å². The van der Waals surface area contributed by atoms with Gasteiger partial charge in [-0.05, 0) is 49.2 Å². The van der Waals surface area contributed by atoms with E-state index in [1.807, 2.05) is 44.2 Å². The van der Waals surface area contributed by atoms with Crippen molar-refractivity contribution in [3.8, 4) is 0 Å². The van der Waals surface area contributed by atoms with E-state index in [2.05, 4.69) is 10.6 Å². The third kappa shape index (κ3) is 4.21. The third-order valence-electron chi connectivity index (χ3n) is 3.10. The van der Waals surface area contributed by atoms with Crippen LogP contribution < -0.4 is 16.4 Å². The molecule has 1 unspecified atom stereocenters. The van der Waals surface area contributed by atoms with E-state index >= 15 is 0 Å². The van der Waals surface area contributed by atoms with Crippen molar-refractivity contribution in [3.63, 3.8) is 0 Å². The number of carbonyl (C=O) groups is 1. The van der Waals surface area contributed by atoms with Crippen molar-refractivity contribution in [1.82, 2.24) is 0 Å². The molecule has 2 amide bonds. The first kappa shape index (κ1) is 15.4. The van der Waals surface area contributed by atoms with E-state index in [0.29, 0.717) is 16.4 Å². The lowest BCUT2D eigenvalue weighted by Gasteiger charge is -2.11. The van der Waals surface area contributed by atoms with Gasteiger partial charge in [-0.2, -0.15) is 0 Å². The normalized spacial score (nSPS) is 11.8. The average Bonchev–Trinajstić information content (AvgIpc) is 2.43. The van der Waals surface area contributed by atoms with E-state index in [-0.39, 0.29) is 12.1 Å². The Labute approximate surface area is 129 Å². The second kappa shape index (κ2) is 6.61. The number of halogens is 1. The van der Waals surface area contributed by atoms with E-state index in [1.54, 1.807) is 12.1 Å². The summed E-state index contributed by atoms with van der Waals surface area (Å²) >= 11 is 6.03. The van der Waals surface area contributed by atoms with Crippen LogP contribution in [0.2, 0.25) is 5.02 Å². The van der Waals surface area contributed by atoms with E-state index in [9.17, 15) is 4.79 Å². The molecule has 2 rings (SSSR count). The van der Waals surface area contributed by atoms with Gasteiger partial charge in [-0.25, -0.2) is 4.79 Å². The molecule has 0 spiro atoms.